The molecule has 1 aromatic rings. The minimum atomic E-state index is -0.560. The first-order chi connectivity index (χ1) is 13.5. The quantitative estimate of drug-likeness (QED) is 0.773. The van der Waals surface area contributed by atoms with E-state index in [1.807, 2.05) is 5.01 Å². The molecule has 2 aliphatic heterocycles. The van der Waals surface area contributed by atoms with E-state index in [4.69, 9.17) is 4.74 Å². The number of hydrogen-bond donors (Lipinski definition) is 1. The van der Waals surface area contributed by atoms with E-state index in [1.54, 1.807) is 30.3 Å². The van der Waals surface area contributed by atoms with Gasteiger partial charge in [0.1, 0.15) is 18.3 Å². The third-order valence-electron chi connectivity index (χ3n) is 4.40. The second kappa shape index (κ2) is 8.61. The highest BCUT2D eigenvalue weighted by molar-refractivity contribution is 5.90. The Labute approximate surface area is 162 Å². The van der Waals surface area contributed by atoms with Crippen LogP contribution in [-0.4, -0.2) is 62.2 Å². The normalized spacial score (nSPS) is 18.6. The van der Waals surface area contributed by atoms with Crippen LogP contribution in [-0.2, 0) is 9.53 Å². The van der Waals surface area contributed by atoms with Gasteiger partial charge in [-0.15, -0.1) is 5.92 Å². The first kappa shape index (κ1) is 19.5. The number of nitrogens with zero attached hydrogens (tertiary/aromatic N) is 4. The topological polar surface area (TPSA) is 77.5 Å². The molecule has 9 heteroatoms. The molecule has 0 bridgehead atoms. The number of anilines is 2. The third-order valence-corrected chi connectivity index (χ3v) is 4.40. The van der Waals surface area contributed by atoms with E-state index in [0.717, 1.165) is 0 Å². The van der Waals surface area contributed by atoms with Crippen LogP contribution in [0.3, 0.4) is 0 Å². The molecule has 0 aromatic heterocycles. The molecular formula is C19H22FN5O3. The fourth-order valence-corrected chi connectivity index (χ4v) is 2.94. The number of amides is 2. The number of ether oxygens (including phenoxy) is 1. The molecular weight excluding hydrogens is 365 g/mol. The molecule has 1 fully saturated rings. The summed E-state index contributed by atoms with van der Waals surface area (Å²) in [6.45, 7) is 5.39. The zero-order chi connectivity index (χ0) is 20.1. The van der Waals surface area contributed by atoms with Crippen molar-refractivity contribution in [2.45, 2.75) is 20.0 Å². The average molecular weight is 387 g/mol. The molecule has 2 amide bonds. The molecule has 0 aliphatic carbocycles. The number of rotatable bonds is 5. The van der Waals surface area contributed by atoms with Crippen molar-refractivity contribution in [3.05, 3.63) is 24.0 Å². The highest BCUT2D eigenvalue weighted by Gasteiger charge is 2.33. The standard InChI is InChI=1S/C19H22FN5O3/c1-3-4-7-24-9-8-23(13-22-24)18-6-5-15(10-17(18)20)25-12-16(28-19(25)27)11-21-14(2)26/h5-6,10,13,16H,7-9,11-12H2,1-2H3,(H,21,26). The Balaban J connectivity index is 1.67. The van der Waals surface area contributed by atoms with Crippen molar-refractivity contribution in [1.82, 2.24) is 10.3 Å². The van der Waals surface area contributed by atoms with Crippen molar-refractivity contribution < 1.29 is 18.7 Å². The van der Waals surface area contributed by atoms with Crippen molar-refractivity contribution >= 4 is 29.7 Å². The van der Waals surface area contributed by atoms with Crippen molar-refractivity contribution in [2.24, 2.45) is 5.10 Å². The lowest BCUT2D eigenvalue weighted by Crippen LogP contribution is -2.38. The number of benzene rings is 1. The van der Waals surface area contributed by atoms with Gasteiger partial charge in [-0.2, -0.15) is 5.10 Å². The largest absolute Gasteiger partial charge is 0.442 e. The van der Waals surface area contributed by atoms with Crippen molar-refractivity contribution in [3.8, 4) is 11.8 Å². The van der Waals surface area contributed by atoms with Gasteiger partial charge in [-0.3, -0.25) is 14.7 Å². The molecule has 0 radical (unpaired) electrons. The molecule has 1 atom stereocenters. The smallest absolute Gasteiger partial charge is 0.414 e. The summed E-state index contributed by atoms with van der Waals surface area (Å²) in [5.41, 5.74) is 0.793. The summed E-state index contributed by atoms with van der Waals surface area (Å²) < 4.78 is 19.9. The number of cyclic esters (lactones) is 1. The van der Waals surface area contributed by atoms with E-state index < -0.39 is 18.0 Å². The second-order valence-corrected chi connectivity index (χ2v) is 6.43. The second-order valence-electron chi connectivity index (χ2n) is 6.43. The number of hydrogen-bond acceptors (Lipinski definition) is 6. The van der Waals surface area contributed by atoms with Crippen LogP contribution in [0.15, 0.2) is 23.3 Å². The number of halogens is 1. The van der Waals surface area contributed by atoms with Crippen LogP contribution in [0.1, 0.15) is 13.8 Å². The molecule has 2 heterocycles. The maximum absolute atomic E-state index is 14.7. The molecule has 1 unspecified atom stereocenters. The number of hydrazone groups is 1. The molecule has 1 saturated heterocycles. The highest BCUT2D eigenvalue weighted by Crippen LogP contribution is 2.28. The zero-order valence-electron chi connectivity index (χ0n) is 15.8. The summed E-state index contributed by atoms with van der Waals surface area (Å²) in [6.07, 6.45) is 0.548. The molecule has 28 heavy (non-hydrogen) atoms. The van der Waals surface area contributed by atoms with Gasteiger partial charge < -0.3 is 15.0 Å². The van der Waals surface area contributed by atoms with Crippen LogP contribution in [0.4, 0.5) is 20.6 Å². The van der Waals surface area contributed by atoms with E-state index in [-0.39, 0.29) is 19.0 Å². The van der Waals surface area contributed by atoms with Crippen LogP contribution < -0.4 is 15.1 Å². The monoisotopic (exact) mass is 387 g/mol. The highest BCUT2D eigenvalue weighted by atomic mass is 19.1. The van der Waals surface area contributed by atoms with Gasteiger partial charge in [-0.1, -0.05) is 5.92 Å². The van der Waals surface area contributed by atoms with Crippen LogP contribution in [0, 0.1) is 17.7 Å². The van der Waals surface area contributed by atoms with Crippen molar-refractivity contribution in [2.75, 3.05) is 42.5 Å². The molecule has 8 nitrogen and oxygen atoms in total. The van der Waals surface area contributed by atoms with Crippen molar-refractivity contribution in [3.63, 3.8) is 0 Å². The summed E-state index contributed by atoms with van der Waals surface area (Å²) in [4.78, 5) is 26.1. The van der Waals surface area contributed by atoms with E-state index in [9.17, 15) is 14.0 Å². The van der Waals surface area contributed by atoms with Gasteiger partial charge in [0.2, 0.25) is 5.91 Å². The number of carbonyl (C=O) groups is 2. The van der Waals surface area contributed by atoms with Gasteiger partial charge in [-0.05, 0) is 25.1 Å². The lowest BCUT2D eigenvalue weighted by Gasteiger charge is -2.29. The van der Waals surface area contributed by atoms with Gasteiger partial charge >= 0.3 is 6.09 Å². The molecule has 0 spiro atoms. The molecule has 148 valence electrons. The number of carbonyl (C=O) groups excluding carboxylic acids is 2. The van der Waals surface area contributed by atoms with Gasteiger partial charge in [0.15, 0.2) is 0 Å². The SMILES string of the molecule is CC#CCN1CCN(c2ccc(N3CC(CNC(C)=O)OC3=O)cc2F)C=N1. The number of nitrogens with one attached hydrogen (secondary N) is 1. The Hall–Kier alpha value is -3.28. The Morgan fingerprint density at radius 1 is 1.43 bits per heavy atom. The minimum absolute atomic E-state index is 0.201. The fourth-order valence-electron chi connectivity index (χ4n) is 2.94. The predicted octanol–water partition coefficient (Wildman–Crippen LogP) is 1.38. The first-order valence-electron chi connectivity index (χ1n) is 8.95. The van der Waals surface area contributed by atoms with Crippen LogP contribution in [0.2, 0.25) is 0 Å². The molecule has 3 rings (SSSR count). The first-order valence-corrected chi connectivity index (χ1v) is 8.95. The molecule has 1 aromatic carbocycles. The van der Waals surface area contributed by atoms with Crippen LogP contribution >= 0.6 is 0 Å². The van der Waals surface area contributed by atoms with E-state index >= 15 is 0 Å². The van der Waals surface area contributed by atoms with E-state index in [1.165, 1.54) is 17.9 Å². The lowest BCUT2D eigenvalue weighted by atomic mass is 10.2. The summed E-state index contributed by atoms with van der Waals surface area (Å²) in [5.74, 6) is 5.11. The van der Waals surface area contributed by atoms with E-state index in [0.29, 0.717) is 31.0 Å². The van der Waals surface area contributed by atoms with E-state index in [2.05, 4.69) is 22.3 Å². The molecule has 1 N–H and O–H groups in total. The Morgan fingerprint density at radius 3 is 2.89 bits per heavy atom. The predicted molar refractivity (Wildman–Crippen MR) is 104 cm³/mol. The summed E-state index contributed by atoms with van der Waals surface area (Å²) in [7, 11) is 0. The van der Waals surface area contributed by atoms with Crippen LogP contribution in [0.25, 0.3) is 0 Å². The third kappa shape index (κ3) is 4.52. The van der Waals surface area contributed by atoms with Crippen LogP contribution in [0.5, 0.6) is 0 Å². The lowest BCUT2D eigenvalue weighted by molar-refractivity contribution is -0.119. The summed E-state index contributed by atoms with van der Waals surface area (Å²) in [6, 6.07) is 4.59. The molecule has 2 aliphatic rings. The van der Waals surface area contributed by atoms with Gasteiger partial charge in [-0.25, -0.2) is 9.18 Å². The maximum atomic E-state index is 14.7. The summed E-state index contributed by atoms with van der Waals surface area (Å²) >= 11 is 0. The van der Waals surface area contributed by atoms with Gasteiger partial charge in [0.05, 0.1) is 37.6 Å². The minimum Gasteiger partial charge on any atom is -0.442 e. The average Bonchev–Trinajstić information content (AvgIpc) is 3.06. The van der Waals surface area contributed by atoms with Crippen molar-refractivity contribution in [1.29, 1.82) is 0 Å². The van der Waals surface area contributed by atoms with Gasteiger partial charge in [0.25, 0.3) is 0 Å². The fraction of sp³-hybridized carbons (Fsp3) is 0.421. The maximum Gasteiger partial charge on any atom is 0.414 e. The Morgan fingerprint density at radius 2 is 2.25 bits per heavy atom. The Kier molecular flexibility index (Phi) is 5.99. The zero-order valence-corrected chi connectivity index (χ0v) is 15.8. The van der Waals surface area contributed by atoms with Gasteiger partial charge in [0, 0.05) is 13.5 Å². The summed E-state index contributed by atoms with van der Waals surface area (Å²) in [5, 5.41) is 8.69. The Bertz CT molecular complexity index is 848. The molecule has 0 saturated carbocycles.